The molecule has 0 unspecified atom stereocenters. The van der Waals surface area contributed by atoms with Gasteiger partial charge in [-0.1, -0.05) is 0 Å². The maximum absolute atomic E-state index is 0. The van der Waals surface area contributed by atoms with Gasteiger partial charge < -0.3 is 16.4 Å². The Balaban J connectivity index is 0. The minimum Gasteiger partial charge on any atom is -2.00 e. The standard InChI is InChI=1S/Fe.Mn.Ni.3O/q3*+2;3*-2. The van der Waals surface area contributed by atoms with Crippen LogP contribution in [0.25, 0.3) is 0 Å². The van der Waals surface area contributed by atoms with Crippen LogP contribution in [0.2, 0.25) is 0 Å². The van der Waals surface area contributed by atoms with Crippen molar-refractivity contribution in [1.82, 2.24) is 0 Å². The van der Waals surface area contributed by atoms with Crippen LogP contribution in [0.1, 0.15) is 0 Å². The summed E-state index contributed by atoms with van der Waals surface area (Å²) in [6, 6.07) is 0. The number of rotatable bonds is 0. The summed E-state index contributed by atoms with van der Waals surface area (Å²) in [7, 11) is 0. The molecule has 0 rings (SSSR count). The molecule has 6 heavy (non-hydrogen) atoms. The van der Waals surface area contributed by atoms with Crippen molar-refractivity contribution in [1.29, 1.82) is 0 Å². The van der Waals surface area contributed by atoms with Crippen LogP contribution < -0.4 is 0 Å². The normalized spacial score (nSPS) is 0. The molecule has 0 atom stereocenters. The van der Waals surface area contributed by atoms with E-state index in [0.717, 1.165) is 0 Å². The van der Waals surface area contributed by atoms with E-state index < -0.39 is 0 Å². The maximum Gasteiger partial charge on any atom is 2.00 e. The third-order valence-corrected chi connectivity index (χ3v) is 0. The monoisotopic (exact) mass is 217 g/mol. The Bertz CT molecular complexity index is 10.8. The molecular formula is FeMnNiO3. The molecule has 3 nitrogen and oxygen atoms in total. The molecule has 0 amide bonds. The van der Waals surface area contributed by atoms with E-state index in [0.29, 0.717) is 0 Å². The minimum absolute atomic E-state index is 0. The Hall–Kier alpha value is 1.41. The van der Waals surface area contributed by atoms with E-state index in [1.54, 1.807) is 0 Å². The molecule has 0 aromatic carbocycles. The number of hydrogen-bond donors (Lipinski definition) is 0. The molecule has 0 bridgehead atoms. The molecule has 0 aromatic heterocycles. The summed E-state index contributed by atoms with van der Waals surface area (Å²) in [5.74, 6) is 0. The van der Waals surface area contributed by atoms with Gasteiger partial charge >= 0.3 is 50.6 Å². The maximum atomic E-state index is 0. The van der Waals surface area contributed by atoms with Crippen molar-refractivity contribution in [3.05, 3.63) is 0 Å². The van der Waals surface area contributed by atoms with Gasteiger partial charge in [0.05, 0.1) is 0 Å². The quantitative estimate of drug-likeness (QED) is 0.496. The van der Waals surface area contributed by atoms with E-state index in [9.17, 15) is 0 Å². The summed E-state index contributed by atoms with van der Waals surface area (Å²) >= 11 is 0. The van der Waals surface area contributed by atoms with Crippen molar-refractivity contribution in [3.63, 3.8) is 0 Å². The predicted octanol–water partition coefficient (Wildman–Crippen LogP) is -0.364. The van der Waals surface area contributed by atoms with E-state index in [2.05, 4.69) is 0 Å². The Morgan fingerprint density at radius 2 is 0.667 bits per heavy atom. The van der Waals surface area contributed by atoms with Crippen molar-refractivity contribution in [2.75, 3.05) is 0 Å². The minimum atomic E-state index is 0. The zero-order chi connectivity index (χ0) is 0. The van der Waals surface area contributed by atoms with Crippen LogP contribution in [0.3, 0.4) is 0 Å². The van der Waals surface area contributed by atoms with Crippen LogP contribution in [0.15, 0.2) is 0 Å². The van der Waals surface area contributed by atoms with E-state index in [1.807, 2.05) is 0 Å². The fourth-order valence-electron chi connectivity index (χ4n) is 0. The summed E-state index contributed by atoms with van der Waals surface area (Å²) < 4.78 is 0. The molecule has 0 saturated heterocycles. The first-order valence-corrected chi connectivity index (χ1v) is 0. The van der Waals surface area contributed by atoms with Gasteiger partial charge in [-0.2, -0.15) is 0 Å². The van der Waals surface area contributed by atoms with Crippen molar-refractivity contribution < 1.29 is 67.1 Å². The Labute approximate surface area is 67.0 Å². The molecule has 0 aliphatic rings. The van der Waals surface area contributed by atoms with Crippen molar-refractivity contribution in [2.24, 2.45) is 0 Å². The van der Waals surface area contributed by atoms with Gasteiger partial charge in [-0.25, -0.2) is 0 Å². The predicted molar refractivity (Wildman–Crippen MR) is 2.06 cm³/mol. The Kier molecular flexibility index (Phi) is 2400. The summed E-state index contributed by atoms with van der Waals surface area (Å²) in [5.41, 5.74) is 0. The van der Waals surface area contributed by atoms with Gasteiger partial charge in [-0.05, 0) is 0 Å². The summed E-state index contributed by atoms with van der Waals surface area (Å²) in [6.07, 6.45) is 0. The first kappa shape index (κ1) is 153. The molecule has 6 heteroatoms. The van der Waals surface area contributed by atoms with Gasteiger partial charge in [0.15, 0.2) is 0 Å². The summed E-state index contributed by atoms with van der Waals surface area (Å²) in [4.78, 5) is 0. The van der Waals surface area contributed by atoms with Crippen molar-refractivity contribution in [3.8, 4) is 0 Å². The third kappa shape index (κ3) is 52.8. The summed E-state index contributed by atoms with van der Waals surface area (Å²) in [5, 5.41) is 0. The molecule has 1 radical (unpaired) electrons. The smallest absolute Gasteiger partial charge is 2.00 e. The molecule has 0 aliphatic heterocycles. The van der Waals surface area contributed by atoms with E-state index in [1.165, 1.54) is 0 Å². The van der Waals surface area contributed by atoms with E-state index >= 15 is 0 Å². The fourth-order valence-corrected chi connectivity index (χ4v) is 0. The van der Waals surface area contributed by atoms with Crippen LogP contribution in [-0.2, 0) is 67.1 Å². The average Bonchev–Trinajstić information content (AvgIpc) is 0. The molecule has 0 fully saturated rings. The first-order chi connectivity index (χ1) is 0. The summed E-state index contributed by atoms with van der Waals surface area (Å²) in [6.45, 7) is 0. The van der Waals surface area contributed by atoms with Gasteiger partial charge in [0, 0.05) is 0 Å². The Morgan fingerprint density at radius 1 is 0.667 bits per heavy atom. The Morgan fingerprint density at radius 3 is 0.667 bits per heavy atom. The zero-order valence-corrected chi connectivity index (χ0v) is 5.54. The molecular weight excluding hydrogens is 217 g/mol. The van der Waals surface area contributed by atoms with Gasteiger partial charge in [0.2, 0.25) is 0 Å². The molecule has 0 aliphatic carbocycles. The second kappa shape index (κ2) is 94.2. The first-order valence-electron chi connectivity index (χ1n) is 0. The van der Waals surface area contributed by atoms with Gasteiger partial charge in [0.1, 0.15) is 0 Å². The average molecular weight is 217 g/mol. The number of hydrogen-bond acceptors (Lipinski definition) is 0. The second-order valence-electron chi connectivity index (χ2n) is 0. The van der Waals surface area contributed by atoms with Gasteiger partial charge in [-0.3, -0.25) is 0 Å². The molecule has 0 saturated carbocycles. The van der Waals surface area contributed by atoms with Gasteiger partial charge in [-0.15, -0.1) is 0 Å². The SMILES string of the molecule is [Fe+2].[Mn+2].[Ni+2].[O-2].[O-2].[O-2]. The topological polar surface area (TPSA) is 85.5 Å². The second-order valence-corrected chi connectivity index (χ2v) is 0. The fraction of sp³-hybridized carbons (Fsp3) is 0. The van der Waals surface area contributed by atoms with E-state index in [-0.39, 0.29) is 67.1 Å². The van der Waals surface area contributed by atoms with Gasteiger partial charge in [0.25, 0.3) is 0 Å². The van der Waals surface area contributed by atoms with Crippen LogP contribution in [-0.4, -0.2) is 0 Å². The van der Waals surface area contributed by atoms with Crippen LogP contribution >= 0.6 is 0 Å². The van der Waals surface area contributed by atoms with Crippen molar-refractivity contribution in [2.45, 2.75) is 0 Å². The zero-order valence-electron chi connectivity index (χ0n) is 2.27. The van der Waals surface area contributed by atoms with Crippen molar-refractivity contribution >= 4 is 0 Å². The molecule has 0 aromatic rings. The van der Waals surface area contributed by atoms with Crippen LogP contribution in [0, 0.1) is 0 Å². The third-order valence-electron chi connectivity index (χ3n) is 0. The molecule has 0 heterocycles. The molecule has 0 N–H and O–H groups in total. The largest absolute Gasteiger partial charge is 2.00 e. The molecule has 0 spiro atoms. The van der Waals surface area contributed by atoms with Crippen LogP contribution in [0.4, 0.5) is 0 Å². The molecule has 43 valence electrons. The van der Waals surface area contributed by atoms with E-state index in [4.69, 9.17) is 0 Å². The van der Waals surface area contributed by atoms with Crippen LogP contribution in [0.5, 0.6) is 0 Å².